The van der Waals surface area contributed by atoms with E-state index in [0.717, 1.165) is 25.7 Å². The van der Waals surface area contributed by atoms with E-state index in [-0.39, 0.29) is 36.0 Å². The Morgan fingerprint density at radius 3 is 2.52 bits per heavy atom. The molecule has 1 aromatic rings. The molecule has 1 aliphatic rings. The largest absolute Gasteiger partial charge is 0.349 e. The van der Waals surface area contributed by atoms with Gasteiger partial charge in [0.15, 0.2) is 0 Å². The van der Waals surface area contributed by atoms with Gasteiger partial charge in [-0.2, -0.15) is 5.10 Å². The molecule has 0 aromatic carbocycles. The van der Waals surface area contributed by atoms with Gasteiger partial charge in [0.2, 0.25) is 5.91 Å². The van der Waals surface area contributed by atoms with Crippen molar-refractivity contribution in [1.29, 1.82) is 0 Å². The number of nitrogens with zero attached hydrogens (tertiary/aromatic N) is 3. The Bertz CT molecular complexity index is 581. The van der Waals surface area contributed by atoms with E-state index in [9.17, 15) is 14.9 Å². The van der Waals surface area contributed by atoms with Crippen LogP contribution in [-0.4, -0.2) is 32.7 Å². The molecule has 130 valence electrons. The van der Waals surface area contributed by atoms with Gasteiger partial charge in [-0.25, -0.2) is 0 Å². The Labute approximate surface area is 141 Å². The summed E-state index contributed by atoms with van der Waals surface area (Å²) in [6.07, 6.45) is 4.24. The number of nitrogens with one attached hydrogen (secondary N) is 1. The molecular formula is C14H24ClN5O3. The smallest absolute Gasteiger partial charge is 0.312 e. The number of rotatable bonds is 6. The molecule has 1 fully saturated rings. The minimum atomic E-state index is -0.434. The molecule has 1 aromatic heterocycles. The zero-order valence-electron chi connectivity index (χ0n) is 13.5. The van der Waals surface area contributed by atoms with E-state index in [0.29, 0.717) is 24.5 Å². The first-order valence-electron chi connectivity index (χ1n) is 7.58. The van der Waals surface area contributed by atoms with Crippen LogP contribution in [0.2, 0.25) is 0 Å². The van der Waals surface area contributed by atoms with Crippen molar-refractivity contribution >= 4 is 24.0 Å². The summed E-state index contributed by atoms with van der Waals surface area (Å²) in [7, 11) is 0. The lowest BCUT2D eigenvalue weighted by Gasteiger charge is -2.28. The third-order valence-corrected chi connectivity index (χ3v) is 4.43. The van der Waals surface area contributed by atoms with Gasteiger partial charge in [-0.1, -0.05) is 12.8 Å². The van der Waals surface area contributed by atoms with Crippen LogP contribution in [0.5, 0.6) is 0 Å². The lowest BCUT2D eigenvalue weighted by molar-refractivity contribution is -0.386. The summed E-state index contributed by atoms with van der Waals surface area (Å²) in [6.45, 7) is 4.02. The number of amides is 1. The van der Waals surface area contributed by atoms with Crippen LogP contribution < -0.4 is 11.1 Å². The fourth-order valence-electron chi connectivity index (χ4n) is 3.17. The second-order valence-corrected chi connectivity index (χ2v) is 5.99. The number of halogens is 1. The van der Waals surface area contributed by atoms with Gasteiger partial charge < -0.3 is 11.1 Å². The van der Waals surface area contributed by atoms with Crippen LogP contribution in [-0.2, 0) is 11.3 Å². The molecule has 23 heavy (non-hydrogen) atoms. The minimum Gasteiger partial charge on any atom is -0.349 e. The molecule has 0 aliphatic heterocycles. The first-order valence-corrected chi connectivity index (χ1v) is 7.58. The highest BCUT2D eigenvalue weighted by Gasteiger charge is 2.33. The number of nitrogens with two attached hydrogens (primary N) is 1. The summed E-state index contributed by atoms with van der Waals surface area (Å²) < 4.78 is 1.52. The summed E-state index contributed by atoms with van der Waals surface area (Å²) in [5.41, 5.74) is 6.40. The zero-order chi connectivity index (χ0) is 16.3. The standard InChI is InChI=1S/C14H23N5O3.ClH/c1-10-13(19(21)22)11(2)18(17-10)8-5-12(20)16-14(9-15)6-3-4-7-14;/h3-9,15H2,1-2H3,(H,16,20);1H. The Balaban J connectivity index is 0.00000264. The second kappa shape index (κ2) is 7.74. The van der Waals surface area contributed by atoms with Gasteiger partial charge in [0.05, 0.1) is 17.0 Å². The Morgan fingerprint density at radius 2 is 2.04 bits per heavy atom. The van der Waals surface area contributed by atoms with Gasteiger partial charge in [0.25, 0.3) is 0 Å². The van der Waals surface area contributed by atoms with E-state index in [1.54, 1.807) is 13.8 Å². The molecule has 0 bridgehead atoms. The van der Waals surface area contributed by atoms with Gasteiger partial charge in [-0.15, -0.1) is 12.4 Å². The normalized spacial score (nSPS) is 16.0. The number of carbonyl (C=O) groups is 1. The van der Waals surface area contributed by atoms with Crippen LogP contribution in [0.1, 0.15) is 43.5 Å². The Hall–Kier alpha value is -1.67. The Morgan fingerprint density at radius 1 is 1.43 bits per heavy atom. The van der Waals surface area contributed by atoms with E-state index in [2.05, 4.69) is 10.4 Å². The highest BCUT2D eigenvalue weighted by atomic mass is 35.5. The minimum absolute atomic E-state index is 0. The van der Waals surface area contributed by atoms with E-state index < -0.39 is 4.92 Å². The van der Waals surface area contributed by atoms with Crippen molar-refractivity contribution in [3.05, 3.63) is 21.5 Å². The van der Waals surface area contributed by atoms with Gasteiger partial charge in [0, 0.05) is 13.0 Å². The van der Waals surface area contributed by atoms with E-state index in [4.69, 9.17) is 5.73 Å². The van der Waals surface area contributed by atoms with E-state index in [1.807, 2.05) is 0 Å². The second-order valence-electron chi connectivity index (χ2n) is 5.99. The average molecular weight is 346 g/mol. The molecule has 0 atom stereocenters. The van der Waals surface area contributed by atoms with Crippen molar-refractivity contribution in [2.24, 2.45) is 5.73 Å². The maximum Gasteiger partial charge on any atom is 0.312 e. The first kappa shape index (κ1) is 19.4. The fourth-order valence-corrected chi connectivity index (χ4v) is 3.17. The average Bonchev–Trinajstić information content (AvgIpc) is 3.02. The third-order valence-electron chi connectivity index (χ3n) is 4.43. The zero-order valence-corrected chi connectivity index (χ0v) is 14.3. The van der Waals surface area contributed by atoms with Crippen LogP contribution in [0.15, 0.2) is 0 Å². The monoisotopic (exact) mass is 345 g/mol. The molecule has 0 unspecified atom stereocenters. The van der Waals surface area contributed by atoms with Gasteiger partial charge >= 0.3 is 5.69 Å². The summed E-state index contributed by atoms with van der Waals surface area (Å²) in [4.78, 5) is 22.7. The molecular weight excluding hydrogens is 322 g/mol. The topological polar surface area (TPSA) is 116 Å². The molecule has 1 heterocycles. The number of hydrogen-bond donors (Lipinski definition) is 2. The third kappa shape index (κ3) is 4.20. The molecule has 0 spiro atoms. The van der Waals surface area contributed by atoms with Crippen molar-refractivity contribution in [1.82, 2.24) is 15.1 Å². The van der Waals surface area contributed by atoms with Crippen LogP contribution >= 0.6 is 12.4 Å². The maximum absolute atomic E-state index is 12.1. The summed E-state index contributed by atoms with van der Waals surface area (Å²) in [5.74, 6) is -0.0810. The SMILES string of the molecule is Cc1nn(CCC(=O)NC2(CN)CCCC2)c(C)c1[N+](=O)[O-].Cl. The summed E-state index contributed by atoms with van der Waals surface area (Å²) in [5, 5.41) is 18.1. The highest BCUT2D eigenvalue weighted by Crippen LogP contribution is 2.28. The molecule has 0 saturated heterocycles. The summed E-state index contributed by atoms with van der Waals surface area (Å²) in [6, 6.07) is 0. The number of carbonyl (C=O) groups excluding carboxylic acids is 1. The number of hydrogen-bond acceptors (Lipinski definition) is 5. The van der Waals surface area contributed by atoms with Crippen molar-refractivity contribution < 1.29 is 9.72 Å². The van der Waals surface area contributed by atoms with Crippen LogP contribution in [0.3, 0.4) is 0 Å². The first-order chi connectivity index (χ1) is 10.4. The predicted molar refractivity (Wildman–Crippen MR) is 88.6 cm³/mol. The molecule has 3 N–H and O–H groups in total. The van der Waals surface area contributed by atoms with Gasteiger partial charge in [0.1, 0.15) is 11.4 Å². The lowest BCUT2D eigenvalue weighted by Crippen LogP contribution is -2.51. The number of aryl methyl sites for hydroxylation is 2. The quantitative estimate of drug-likeness (QED) is 0.600. The van der Waals surface area contributed by atoms with Crippen molar-refractivity contribution in [3.63, 3.8) is 0 Å². The lowest BCUT2D eigenvalue weighted by atomic mass is 9.97. The molecule has 1 amide bonds. The van der Waals surface area contributed by atoms with E-state index >= 15 is 0 Å². The van der Waals surface area contributed by atoms with Crippen LogP contribution in [0.4, 0.5) is 5.69 Å². The molecule has 9 heteroatoms. The molecule has 2 rings (SSSR count). The number of nitro groups is 1. The maximum atomic E-state index is 12.1. The summed E-state index contributed by atoms with van der Waals surface area (Å²) >= 11 is 0. The number of aromatic nitrogens is 2. The molecule has 0 radical (unpaired) electrons. The van der Waals surface area contributed by atoms with Gasteiger partial charge in [-0.05, 0) is 26.7 Å². The van der Waals surface area contributed by atoms with Crippen molar-refractivity contribution in [3.8, 4) is 0 Å². The fraction of sp³-hybridized carbons (Fsp3) is 0.714. The van der Waals surface area contributed by atoms with Gasteiger partial charge in [-0.3, -0.25) is 19.6 Å². The predicted octanol–water partition coefficient (Wildman–Crippen LogP) is 1.61. The van der Waals surface area contributed by atoms with Crippen LogP contribution in [0, 0.1) is 24.0 Å². The van der Waals surface area contributed by atoms with Crippen molar-refractivity contribution in [2.45, 2.75) is 58.0 Å². The highest BCUT2D eigenvalue weighted by molar-refractivity contribution is 5.85. The van der Waals surface area contributed by atoms with E-state index in [1.165, 1.54) is 4.68 Å². The molecule has 1 aliphatic carbocycles. The molecule has 8 nitrogen and oxygen atoms in total. The van der Waals surface area contributed by atoms with Crippen LogP contribution in [0.25, 0.3) is 0 Å². The Kier molecular flexibility index (Phi) is 6.52. The van der Waals surface area contributed by atoms with Crippen molar-refractivity contribution in [2.75, 3.05) is 6.54 Å². The molecule has 1 saturated carbocycles.